The summed E-state index contributed by atoms with van der Waals surface area (Å²) < 4.78 is 11.3. The number of aromatic hydroxyl groups is 1. The Morgan fingerprint density at radius 3 is 2.80 bits per heavy atom. The molecular formula is C14H18N2O4. The zero-order valence-electron chi connectivity index (χ0n) is 11.2. The molecule has 2 aliphatic heterocycles. The summed E-state index contributed by atoms with van der Waals surface area (Å²) in [6, 6.07) is 4.55. The first-order valence-electron chi connectivity index (χ1n) is 6.75. The molecule has 2 heterocycles. The molecule has 20 heavy (non-hydrogen) atoms. The van der Waals surface area contributed by atoms with Gasteiger partial charge >= 0.3 is 0 Å². The number of nitrogen functional groups attached to an aromatic ring is 1. The van der Waals surface area contributed by atoms with Crippen molar-refractivity contribution >= 4 is 11.6 Å². The number of carbonyl (C=O) groups excluding carboxylic acids is 1. The lowest BCUT2D eigenvalue weighted by atomic mass is 10.0. The normalized spacial score (nSPS) is 21.3. The molecule has 3 rings (SSSR count). The number of hydrogen-bond donors (Lipinski definition) is 2. The first-order valence-corrected chi connectivity index (χ1v) is 6.75. The van der Waals surface area contributed by atoms with E-state index in [1.165, 1.54) is 12.1 Å². The number of rotatable bonds is 1. The predicted molar refractivity (Wildman–Crippen MR) is 72.3 cm³/mol. The van der Waals surface area contributed by atoms with E-state index in [1.807, 2.05) is 0 Å². The van der Waals surface area contributed by atoms with Crippen molar-refractivity contribution in [3.05, 3.63) is 23.8 Å². The monoisotopic (exact) mass is 278 g/mol. The fraction of sp³-hybridized carbons (Fsp3) is 0.500. The summed E-state index contributed by atoms with van der Waals surface area (Å²) >= 11 is 0. The van der Waals surface area contributed by atoms with Crippen LogP contribution in [-0.4, -0.2) is 48.0 Å². The van der Waals surface area contributed by atoms with E-state index >= 15 is 0 Å². The fourth-order valence-electron chi connectivity index (χ4n) is 2.75. The average Bonchev–Trinajstić information content (AvgIpc) is 2.89. The Labute approximate surface area is 117 Å². The number of carbonyl (C=O) groups is 1. The summed E-state index contributed by atoms with van der Waals surface area (Å²) in [5, 5.41) is 9.61. The van der Waals surface area contributed by atoms with Crippen LogP contribution in [0.5, 0.6) is 5.75 Å². The van der Waals surface area contributed by atoms with Crippen molar-refractivity contribution in [1.82, 2.24) is 4.90 Å². The minimum atomic E-state index is -0.635. The number of phenols is 1. The lowest BCUT2D eigenvalue weighted by Crippen LogP contribution is -2.51. The second kappa shape index (κ2) is 4.96. The topological polar surface area (TPSA) is 85.0 Å². The van der Waals surface area contributed by atoms with E-state index in [0.717, 1.165) is 12.8 Å². The van der Waals surface area contributed by atoms with E-state index in [1.54, 1.807) is 11.0 Å². The van der Waals surface area contributed by atoms with Crippen molar-refractivity contribution in [3.63, 3.8) is 0 Å². The van der Waals surface area contributed by atoms with Crippen LogP contribution in [0.15, 0.2) is 18.2 Å². The molecule has 1 aromatic carbocycles. The van der Waals surface area contributed by atoms with Gasteiger partial charge in [-0.1, -0.05) is 0 Å². The number of likely N-dealkylation sites (tertiary alicyclic amines) is 1. The van der Waals surface area contributed by atoms with E-state index in [2.05, 4.69) is 0 Å². The molecule has 1 amide bonds. The molecule has 1 spiro atoms. The van der Waals surface area contributed by atoms with Crippen molar-refractivity contribution in [2.75, 3.05) is 32.0 Å². The maximum atomic E-state index is 12.5. The number of amides is 1. The summed E-state index contributed by atoms with van der Waals surface area (Å²) in [6.07, 6.45) is 1.65. The van der Waals surface area contributed by atoms with Crippen LogP contribution in [0.25, 0.3) is 0 Å². The molecule has 0 unspecified atom stereocenters. The van der Waals surface area contributed by atoms with Gasteiger partial charge in [-0.2, -0.15) is 0 Å². The standard InChI is InChI=1S/C14H18N2O4/c15-11-3-2-10(8-12(11)17)13(18)16-5-1-4-14(9-16)19-6-7-20-14/h2-3,8,17H,1,4-7,9,15H2. The van der Waals surface area contributed by atoms with Gasteiger partial charge in [-0.25, -0.2) is 0 Å². The molecule has 3 N–H and O–H groups in total. The second-order valence-corrected chi connectivity index (χ2v) is 5.21. The Hall–Kier alpha value is -1.79. The van der Waals surface area contributed by atoms with Gasteiger partial charge in [0.1, 0.15) is 5.75 Å². The highest BCUT2D eigenvalue weighted by Crippen LogP contribution is 2.31. The van der Waals surface area contributed by atoms with E-state index in [-0.39, 0.29) is 17.3 Å². The molecular weight excluding hydrogens is 260 g/mol. The van der Waals surface area contributed by atoms with Crippen LogP contribution in [0.2, 0.25) is 0 Å². The Morgan fingerprint density at radius 2 is 2.10 bits per heavy atom. The van der Waals surface area contributed by atoms with Crippen LogP contribution in [0, 0.1) is 0 Å². The molecule has 0 saturated carbocycles. The first kappa shape index (κ1) is 13.2. The maximum Gasteiger partial charge on any atom is 0.254 e. The zero-order chi connectivity index (χ0) is 14.2. The van der Waals surface area contributed by atoms with Crippen LogP contribution < -0.4 is 5.73 Å². The number of nitrogens with two attached hydrogens (primary N) is 1. The number of nitrogens with zero attached hydrogens (tertiary/aromatic N) is 1. The highest BCUT2D eigenvalue weighted by Gasteiger charge is 2.42. The van der Waals surface area contributed by atoms with Gasteiger partial charge in [0.25, 0.3) is 5.91 Å². The minimum absolute atomic E-state index is 0.0732. The quantitative estimate of drug-likeness (QED) is 0.590. The lowest BCUT2D eigenvalue weighted by Gasteiger charge is -2.38. The number of ether oxygens (including phenoxy) is 2. The van der Waals surface area contributed by atoms with Crippen molar-refractivity contribution in [3.8, 4) is 5.75 Å². The summed E-state index contributed by atoms with van der Waals surface area (Å²) in [5.74, 6) is -0.849. The fourth-order valence-corrected chi connectivity index (χ4v) is 2.75. The molecule has 0 aromatic heterocycles. The maximum absolute atomic E-state index is 12.5. The van der Waals surface area contributed by atoms with Gasteiger partial charge in [0, 0.05) is 18.5 Å². The third kappa shape index (κ3) is 2.32. The van der Waals surface area contributed by atoms with Crippen molar-refractivity contribution in [2.24, 2.45) is 0 Å². The van der Waals surface area contributed by atoms with Crippen molar-refractivity contribution < 1.29 is 19.4 Å². The number of hydrogen-bond acceptors (Lipinski definition) is 5. The predicted octanol–water partition coefficient (Wildman–Crippen LogP) is 0.953. The van der Waals surface area contributed by atoms with E-state index in [4.69, 9.17) is 15.2 Å². The third-order valence-electron chi connectivity index (χ3n) is 3.80. The van der Waals surface area contributed by atoms with Gasteiger partial charge < -0.3 is 25.2 Å². The second-order valence-electron chi connectivity index (χ2n) is 5.21. The smallest absolute Gasteiger partial charge is 0.254 e. The molecule has 1 aromatic rings. The molecule has 0 atom stereocenters. The minimum Gasteiger partial charge on any atom is -0.506 e. The first-order chi connectivity index (χ1) is 9.60. The van der Waals surface area contributed by atoms with E-state index < -0.39 is 5.79 Å². The van der Waals surface area contributed by atoms with Crippen LogP contribution in [-0.2, 0) is 9.47 Å². The van der Waals surface area contributed by atoms with Gasteiger partial charge in [-0.15, -0.1) is 0 Å². The molecule has 108 valence electrons. The Kier molecular flexibility index (Phi) is 3.27. The molecule has 0 radical (unpaired) electrons. The number of piperidine rings is 1. The molecule has 2 saturated heterocycles. The Morgan fingerprint density at radius 1 is 1.35 bits per heavy atom. The van der Waals surface area contributed by atoms with Gasteiger partial charge in [0.2, 0.25) is 0 Å². The van der Waals surface area contributed by atoms with E-state index in [0.29, 0.717) is 31.9 Å². The van der Waals surface area contributed by atoms with Crippen LogP contribution in [0.4, 0.5) is 5.69 Å². The van der Waals surface area contributed by atoms with Crippen molar-refractivity contribution in [2.45, 2.75) is 18.6 Å². The average molecular weight is 278 g/mol. The lowest BCUT2D eigenvalue weighted by molar-refractivity contribution is -0.183. The number of phenolic OH excluding ortho intramolecular Hbond substituents is 1. The van der Waals surface area contributed by atoms with Crippen LogP contribution >= 0.6 is 0 Å². The SMILES string of the molecule is Nc1ccc(C(=O)N2CCCC3(C2)OCCO3)cc1O. The number of benzene rings is 1. The van der Waals surface area contributed by atoms with Gasteiger partial charge in [-0.05, 0) is 24.6 Å². The van der Waals surface area contributed by atoms with Gasteiger partial charge in [-0.3, -0.25) is 4.79 Å². The largest absolute Gasteiger partial charge is 0.506 e. The highest BCUT2D eigenvalue weighted by atomic mass is 16.7. The molecule has 6 heteroatoms. The molecule has 0 aliphatic carbocycles. The summed E-state index contributed by atoms with van der Waals surface area (Å²) in [7, 11) is 0. The summed E-state index contributed by atoms with van der Waals surface area (Å²) in [5.41, 5.74) is 6.23. The van der Waals surface area contributed by atoms with Crippen LogP contribution in [0.1, 0.15) is 23.2 Å². The molecule has 6 nitrogen and oxygen atoms in total. The third-order valence-corrected chi connectivity index (χ3v) is 3.80. The Bertz CT molecular complexity index is 526. The van der Waals surface area contributed by atoms with Crippen LogP contribution in [0.3, 0.4) is 0 Å². The zero-order valence-corrected chi connectivity index (χ0v) is 11.2. The summed E-state index contributed by atoms with van der Waals surface area (Å²) in [4.78, 5) is 14.2. The molecule has 2 fully saturated rings. The Balaban J connectivity index is 1.77. The molecule has 0 bridgehead atoms. The highest BCUT2D eigenvalue weighted by molar-refractivity contribution is 5.95. The number of anilines is 1. The van der Waals surface area contributed by atoms with Gasteiger partial charge in [0.05, 0.1) is 25.4 Å². The van der Waals surface area contributed by atoms with E-state index in [9.17, 15) is 9.90 Å². The van der Waals surface area contributed by atoms with Gasteiger partial charge in [0.15, 0.2) is 5.79 Å². The van der Waals surface area contributed by atoms with Crippen molar-refractivity contribution in [1.29, 1.82) is 0 Å². The summed E-state index contributed by atoms with van der Waals surface area (Å²) in [6.45, 7) is 2.24. The molecule has 2 aliphatic rings.